The van der Waals surface area contributed by atoms with E-state index in [0.29, 0.717) is 5.75 Å². The summed E-state index contributed by atoms with van der Waals surface area (Å²) in [5, 5.41) is 9.53. The van der Waals surface area contributed by atoms with Crippen LogP contribution in [0, 0.1) is 0 Å². The van der Waals surface area contributed by atoms with Crippen LogP contribution >= 0.6 is 0 Å². The number of nitrogens with zero attached hydrogens (tertiary/aromatic N) is 1. The van der Waals surface area contributed by atoms with Gasteiger partial charge in [0, 0.05) is 25.7 Å². The van der Waals surface area contributed by atoms with Gasteiger partial charge in [-0.2, -0.15) is 0 Å². The summed E-state index contributed by atoms with van der Waals surface area (Å²) in [5.41, 5.74) is 1.07. The van der Waals surface area contributed by atoms with Crippen LogP contribution in [-0.4, -0.2) is 43.4 Å². The van der Waals surface area contributed by atoms with Gasteiger partial charge in [0.05, 0.1) is 20.3 Å². The van der Waals surface area contributed by atoms with Crippen molar-refractivity contribution in [3.8, 4) is 11.5 Å². The maximum atomic E-state index is 9.53. The summed E-state index contributed by atoms with van der Waals surface area (Å²) >= 11 is 0. The summed E-state index contributed by atoms with van der Waals surface area (Å²) in [6.07, 6.45) is 0. The van der Waals surface area contributed by atoms with Gasteiger partial charge in [-0.3, -0.25) is 4.90 Å². The van der Waals surface area contributed by atoms with Gasteiger partial charge in [0.2, 0.25) is 0 Å². The second kappa shape index (κ2) is 5.18. The highest BCUT2D eigenvalue weighted by atomic mass is 16.5. The third-order valence-electron chi connectivity index (χ3n) is 2.70. The van der Waals surface area contributed by atoms with Gasteiger partial charge < -0.3 is 14.6 Å². The number of hydrogen-bond donors (Lipinski definition) is 1. The Labute approximate surface area is 95.4 Å². The molecule has 1 aromatic carbocycles. The molecule has 1 aliphatic heterocycles. The van der Waals surface area contributed by atoms with E-state index < -0.39 is 0 Å². The van der Waals surface area contributed by atoms with Gasteiger partial charge >= 0.3 is 0 Å². The molecule has 1 aliphatic rings. The lowest BCUT2D eigenvalue weighted by Gasteiger charge is -2.26. The molecule has 88 valence electrons. The summed E-state index contributed by atoms with van der Waals surface area (Å²) < 4.78 is 10.4. The highest BCUT2D eigenvalue weighted by Crippen LogP contribution is 2.22. The maximum absolute atomic E-state index is 9.53. The van der Waals surface area contributed by atoms with Gasteiger partial charge in [-0.15, -0.1) is 0 Å². The monoisotopic (exact) mass is 223 g/mol. The van der Waals surface area contributed by atoms with E-state index in [0.717, 1.165) is 38.4 Å². The molecule has 0 aliphatic carbocycles. The van der Waals surface area contributed by atoms with Crippen LogP contribution in [0.3, 0.4) is 0 Å². The van der Waals surface area contributed by atoms with Crippen LogP contribution in [-0.2, 0) is 11.3 Å². The summed E-state index contributed by atoms with van der Waals surface area (Å²) in [4.78, 5) is 2.30. The predicted molar refractivity (Wildman–Crippen MR) is 60.8 cm³/mol. The van der Waals surface area contributed by atoms with Gasteiger partial charge in [0.15, 0.2) is 0 Å². The number of aromatic hydroxyl groups is 1. The van der Waals surface area contributed by atoms with Crippen LogP contribution in [0.25, 0.3) is 0 Å². The lowest BCUT2D eigenvalue weighted by molar-refractivity contribution is 0.0341. The Bertz CT molecular complexity index is 348. The van der Waals surface area contributed by atoms with Crippen LogP contribution in [0.2, 0.25) is 0 Å². The van der Waals surface area contributed by atoms with Gasteiger partial charge in [-0.25, -0.2) is 0 Å². The average molecular weight is 223 g/mol. The summed E-state index contributed by atoms with van der Waals surface area (Å²) in [6, 6.07) is 5.34. The molecule has 16 heavy (non-hydrogen) atoms. The number of phenolic OH excluding ortho intramolecular Hbond substituents is 1. The maximum Gasteiger partial charge on any atom is 0.122 e. The van der Waals surface area contributed by atoms with E-state index in [2.05, 4.69) is 4.90 Å². The molecule has 0 aromatic heterocycles. The Morgan fingerprint density at radius 1 is 1.31 bits per heavy atom. The zero-order valence-electron chi connectivity index (χ0n) is 9.48. The number of benzene rings is 1. The molecule has 0 saturated carbocycles. The lowest BCUT2D eigenvalue weighted by Crippen LogP contribution is -2.35. The van der Waals surface area contributed by atoms with E-state index in [9.17, 15) is 5.11 Å². The second-order valence-electron chi connectivity index (χ2n) is 3.93. The van der Waals surface area contributed by atoms with Crippen molar-refractivity contribution in [2.75, 3.05) is 33.4 Å². The fourth-order valence-electron chi connectivity index (χ4n) is 1.87. The molecule has 0 bridgehead atoms. The smallest absolute Gasteiger partial charge is 0.122 e. The molecule has 1 heterocycles. The SMILES string of the molecule is COc1cc(O)cc(CN2CCOCC2)c1. The number of morpholine rings is 1. The van der Waals surface area contributed by atoms with E-state index in [1.807, 2.05) is 6.07 Å². The zero-order chi connectivity index (χ0) is 11.4. The fourth-order valence-corrected chi connectivity index (χ4v) is 1.87. The molecular formula is C12H17NO3. The Balaban J connectivity index is 2.04. The molecule has 0 amide bonds. The number of hydrogen-bond acceptors (Lipinski definition) is 4. The number of rotatable bonds is 3. The van der Waals surface area contributed by atoms with Crippen LogP contribution in [0.4, 0.5) is 0 Å². The average Bonchev–Trinajstić information content (AvgIpc) is 2.29. The van der Waals surface area contributed by atoms with Crippen molar-refractivity contribution in [3.63, 3.8) is 0 Å². The number of ether oxygens (including phenoxy) is 2. The first kappa shape index (κ1) is 11.2. The van der Waals surface area contributed by atoms with Crippen LogP contribution in [0.5, 0.6) is 11.5 Å². The number of methoxy groups -OCH3 is 1. The second-order valence-corrected chi connectivity index (χ2v) is 3.93. The van der Waals surface area contributed by atoms with Gasteiger partial charge in [-0.1, -0.05) is 0 Å². The molecule has 1 aromatic rings. The Morgan fingerprint density at radius 3 is 2.75 bits per heavy atom. The topological polar surface area (TPSA) is 41.9 Å². The highest BCUT2D eigenvalue weighted by Gasteiger charge is 2.11. The summed E-state index contributed by atoms with van der Waals surface area (Å²) in [6.45, 7) is 4.29. The van der Waals surface area contributed by atoms with Crippen LogP contribution in [0.15, 0.2) is 18.2 Å². The Kier molecular flexibility index (Phi) is 3.64. The summed E-state index contributed by atoms with van der Waals surface area (Å²) in [5.74, 6) is 0.950. The molecular weight excluding hydrogens is 206 g/mol. The minimum absolute atomic E-state index is 0.252. The first-order valence-electron chi connectivity index (χ1n) is 5.45. The van der Waals surface area contributed by atoms with Crippen molar-refractivity contribution in [2.24, 2.45) is 0 Å². The van der Waals surface area contributed by atoms with Crippen molar-refractivity contribution in [3.05, 3.63) is 23.8 Å². The molecule has 2 rings (SSSR count). The van der Waals surface area contributed by atoms with Crippen molar-refractivity contribution in [1.29, 1.82) is 0 Å². The normalized spacial score (nSPS) is 17.3. The van der Waals surface area contributed by atoms with E-state index in [-0.39, 0.29) is 5.75 Å². The van der Waals surface area contributed by atoms with E-state index >= 15 is 0 Å². The molecule has 1 saturated heterocycles. The summed E-state index contributed by atoms with van der Waals surface area (Å²) in [7, 11) is 1.60. The molecule has 0 atom stereocenters. The minimum Gasteiger partial charge on any atom is -0.508 e. The van der Waals surface area contributed by atoms with Crippen LogP contribution < -0.4 is 4.74 Å². The molecule has 0 unspecified atom stereocenters. The molecule has 0 spiro atoms. The standard InChI is InChI=1S/C12H17NO3/c1-15-12-7-10(6-11(14)8-12)9-13-2-4-16-5-3-13/h6-8,14H,2-5,9H2,1H3. The highest BCUT2D eigenvalue weighted by molar-refractivity contribution is 5.37. The first-order chi connectivity index (χ1) is 7.78. The van der Waals surface area contributed by atoms with Gasteiger partial charge in [0.1, 0.15) is 11.5 Å². The van der Waals surface area contributed by atoms with Crippen molar-refractivity contribution >= 4 is 0 Å². The minimum atomic E-state index is 0.252. The predicted octanol–water partition coefficient (Wildman–Crippen LogP) is 1.23. The molecule has 0 radical (unpaired) electrons. The van der Waals surface area contributed by atoms with Crippen molar-refractivity contribution in [1.82, 2.24) is 4.90 Å². The van der Waals surface area contributed by atoms with E-state index in [1.54, 1.807) is 19.2 Å². The Hall–Kier alpha value is -1.26. The molecule has 1 N–H and O–H groups in total. The third kappa shape index (κ3) is 2.87. The van der Waals surface area contributed by atoms with Crippen LogP contribution in [0.1, 0.15) is 5.56 Å². The van der Waals surface area contributed by atoms with Crippen molar-refractivity contribution in [2.45, 2.75) is 6.54 Å². The molecule has 1 fully saturated rings. The Morgan fingerprint density at radius 2 is 2.06 bits per heavy atom. The van der Waals surface area contributed by atoms with Crippen molar-refractivity contribution < 1.29 is 14.6 Å². The largest absolute Gasteiger partial charge is 0.508 e. The van der Waals surface area contributed by atoms with E-state index in [4.69, 9.17) is 9.47 Å². The number of phenols is 1. The van der Waals surface area contributed by atoms with Gasteiger partial charge in [-0.05, 0) is 17.7 Å². The lowest BCUT2D eigenvalue weighted by atomic mass is 10.2. The fraction of sp³-hybridized carbons (Fsp3) is 0.500. The quantitative estimate of drug-likeness (QED) is 0.837. The molecule has 4 nitrogen and oxygen atoms in total. The first-order valence-corrected chi connectivity index (χ1v) is 5.45. The zero-order valence-corrected chi connectivity index (χ0v) is 9.48. The van der Waals surface area contributed by atoms with E-state index in [1.165, 1.54) is 0 Å². The van der Waals surface area contributed by atoms with Gasteiger partial charge in [0.25, 0.3) is 0 Å². The third-order valence-corrected chi connectivity index (χ3v) is 2.70. The molecule has 4 heteroatoms.